The summed E-state index contributed by atoms with van der Waals surface area (Å²) in [6.07, 6.45) is 1.61. The van der Waals surface area contributed by atoms with E-state index in [1.807, 2.05) is 30.3 Å². The molecule has 0 radical (unpaired) electrons. The molecule has 0 amide bonds. The molecule has 0 bridgehead atoms. The third-order valence-electron chi connectivity index (χ3n) is 3.13. The molecule has 6 heteroatoms. The van der Waals surface area contributed by atoms with Crippen LogP contribution in [-0.4, -0.2) is 15.9 Å². The number of hydrogen-bond acceptors (Lipinski definition) is 3. The third-order valence-corrected chi connectivity index (χ3v) is 3.89. The number of nitrogens with zero attached hydrogens (tertiary/aromatic N) is 3. The van der Waals surface area contributed by atoms with Crippen molar-refractivity contribution >= 4 is 44.6 Å². The molecule has 0 unspecified atom stereocenters. The first kappa shape index (κ1) is 14.9. The molecular weight excluding hydrogens is 366 g/mol. The molecule has 0 aliphatic heterocycles. The molecule has 3 rings (SSSR count). The summed E-state index contributed by atoms with van der Waals surface area (Å²) in [6, 6.07) is 14.4. The summed E-state index contributed by atoms with van der Waals surface area (Å²) in [7, 11) is 0. The molecule has 0 fully saturated rings. The molecule has 110 valence electrons. The zero-order valence-electron chi connectivity index (χ0n) is 11.4. The van der Waals surface area contributed by atoms with E-state index in [9.17, 15) is 4.79 Å². The van der Waals surface area contributed by atoms with Crippen LogP contribution < -0.4 is 5.56 Å². The molecule has 0 aliphatic carbocycles. The van der Waals surface area contributed by atoms with Crippen molar-refractivity contribution in [1.29, 1.82) is 0 Å². The van der Waals surface area contributed by atoms with Gasteiger partial charge in [0.05, 0.1) is 22.4 Å². The van der Waals surface area contributed by atoms with Crippen LogP contribution in [0.15, 0.2) is 58.4 Å². The van der Waals surface area contributed by atoms with Gasteiger partial charge in [0.2, 0.25) is 0 Å². The van der Waals surface area contributed by atoms with Gasteiger partial charge in [-0.1, -0.05) is 51.8 Å². The molecule has 2 aromatic carbocycles. The minimum Gasteiger partial charge on any atom is -0.267 e. The van der Waals surface area contributed by atoms with Crippen molar-refractivity contribution in [2.75, 3.05) is 0 Å². The van der Waals surface area contributed by atoms with Crippen LogP contribution in [-0.2, 0) is 5.33 Å². The number of halogens is 2. The first-order valence-electron chi connectivity index (χ1n) is 6.55. The lowest BCUT2D eigenvalue weighted by Gasteiger charge is -2.06. The summed E-state index contributed by atoms with van der Waals surface area (Å²) in [6.45, 7) is 0. The fourth-order valence-electron chi connectivity index (χ4n) is 2.05. The Balaban J connectivity index is 2.11. The van der Waals surface area contributed by atoms with Gasteiger partial charge in [0.1, 0.15) is 5.82 Å². The van der Waals surface area contributed by atoms with Crippen LogP contribution in [0.25, 0.3) is 10.9 Å². The van der Waals surface area contributed by atoms with Crippen LogP contribution in [0.3, 0.4) is 0 Å². The van der Waals surface area contributed by atoms with Crippen molar-refractivity contribution in [3.05, 3.63) is 75.3 Å². The van der Waals surface area contributed by atoms with Gasteiger partial charge in [-0.3, -0.25) is 4.79 Å². The molecule has 4 nitrogen and oxygen atoms in total. The first-order valence-corrected chi connectivity index (χ1v) is 8.05. The lowest BCUT2D eigenvalue weighted by atomic mass is 10.2. The Hall–Kier alpha value is -1.98. The fraction of sp³-hybridized carbons (Fsp3) is 0.0625. The van der Waals surface area contributed by atoms with Gasteiger partial charge in [0.15, 0.2) is 0 Å². The van der Waals surface area contributed by atoms with Crippen LogP contribution in [0.5, 0.6) is 0 Å². The van der Waals surface area contributed by atoms with Crippen LogP contribution >= 0.6 is 27.5 Å². The van der Waals surface area contributed by atoms with Crippen molar-refractivity contribution in [3.8, 4) is 0 Å². The summed E-state index contributed by atoms with van der Waals surface area (Å²) in [5.41, 5.74) is 1.33. The van der Waals surface area contributed by atoms with Gasteiger partial charge in [0, 0.05) is 5.02 Å². The predicted octanol–water partition coefficient (Wildman–Crippen LogP) is 3.83. The maximum Gasteiger partial charge on any atom is 0.282 e. The molecule has 22 heavy (non-hydrogen) atoms. The van der Waals surface area contributed by atoms with Crippen LogP contribution in [0.4, 0.5) is 0 Å². The van der Waals surface area contributed by atoms with Crippen LogP contribution in [0.1, 0.15) is 11.4 Å². The number of hydrogen-bond donors (Lipinski definition) is 0. The van der Waals surface area contributed by atoms with E-state index >= 15 is 0 Å². The monoisotopic (exact) mass is 375 g/mol. The molecule has 0 aliphatic rings. The topological polar surface area (TPSA) is 47.2 Å². The van der Waals surface area contributed by atoms with Crippen molar-refractivity contribution < 1.29 is 0 Å². The zero-order valence-corrected chi connectivity index (χ0v) is 13.8. The summed E-state index contributed by atoms with van der Waals surface area (Å²) in [5, 5.41) is 5.90. The van der Waals surface area contributed by atoms with Gasteiger partial charge in [-0.15, -0.1) is 0 Å². The molecule has 0 saturated heterocycles. The Morgan fingerprint density at radius 2 is 1.91 bits per heavy atom. The normalized spacial score (nSPS) is 11.4. The Labute approximate surface area is 140 Å². The summed E-state index contributed by atoms with van der Waals surface area (Å²) >= 11 is 9.20. The quantitative estimate of drug-likeness (QED) is 0.515. The molecule has 3 aromatic rings. The van der Waals surface area contributed by atoms with Gasteiger partial charge in [-0.25, -0.2) is 4.98 Å². The molecule has 0 saturated carbocycles. The van der Waals surface area contributed by atoms with Crippen molar-refractivity contribution in [1.82, 2.24) is 9.66 Å². The molecule has 0 N–H and O–H groups in total. The van der Waals surface area contributed by atoms with Gasteiger partial charge in [-0.2, -0.15) is 9.78 Å². The first-order chi connectivity index (χ1) is 10.7. The number of benzene rings is 2. The van der Waals surface area contributed by atoms with E-state index in [1.165, 1.54) is 4.68 Å². The van der Waals surface area contributed by atoms with E-state index in [-0.39, 0.29) is 5.56 Å². The molecule has 1 heterocycles. The van der Waals surface area contributed by atoms with Crippen molar-refractivity contribution in [2.45, 2.75) is 5.33 Å². The highest BCUT2D eigenvalue weighted by molar-refractivity contribution is 9.08. The number of rotatable bonds is 3. The van der Waals surface area contributed by atoms with E-state index in [4.69, 9.17) is 11.6 Å². The fourth-order valence-corrected chi connectivity index (χ4v) is 2.54. The SMILES string of the molecule is O=c1c2ccccc2nc(CBr)n1/N=C/c1ccc(Cl)cc1. The predicted molar refractivity (Wildman–Crippen MR) is 93.1 cm³/mol. The minimum absolute atomic E-state index is 0.190. The molecule has 0 atom stereocenters. The number of aromatic nitrogens is 2. The minimum atomic E-state index is -0.190. The second kappa shape index (κ2) is 6.42. The summed E-state index contributed by atoms with van der Waals surface area (Å²) in [4.78, 5) is 17.0. The third kappa shape index (κ3) is 2.96. The number of alkyl halides is 1. The largest absolute Gasteiger partial charge is 0.282 e. The maximum atomic E-state index is 12.6. The van der Waals surface area contributed by atoms with Gasteiger partial charge < -0.3 is 0 Å². The highest BCUT2D eigenvalue weighted by atomic mass is 79.9. The van der Waals surface area contributed by atoms with Crippen molar-refractivity contribution in [3.63, 3.8) is 0 Å². The van der Waals surface area contributed by atoms with E-state index in [0.29, 0.717) is 27.1 Å². The highest BCUT2D eigenvalue weighted by Gasteiger charge is 2.08. The molecule has 0 spiro atoms. The van der Waals surface area contributed by atoms with E-state index in [1.54, 1.807) is 24.4 Å². The highest BCUT2D eigenvalue weighted by Crippen LogP contribution is 2.11. The second-order valence-corrected chi connectivity index (χ2v) is 5.59. The number of fused-ring (bicyclic) bond motifs is 1. The van der Waals surface area contributed by atoms with E-state index < -0.39 is 0 Å². The number of para-hydroxylation sites is 1. The lowest BCUT2D eigenvalue weighted by molar-refractivity contribution is 0.766. The Morgan fingerprint density at radius 1 is 1.18 bits per heavy atom. The van der Waals surface area contributed by atoms with E-state index in [2.05, 4.69) is 26.0 Å². The van der Waals surface area contributed by atoms with Crippen LogP contribution in [0.2, 0.25) is 5.02 Å². The van der Waals surface area contributed by atoms with E-state index in [0.717, 1.165) is 5.56 Å². The van der Waals surface area contributed by atoms with Gasteiger partial charge in [-0.05, 0) is 29.8 Å². The second-order valence-electron chi connectivity index (χ2n) is 4.59. The average Bonchev–Trinajstić information content (AvgIpc) is 2.55. The summed E-state index contributed by atoms with van der Waals surface area (Å²) in [5.74, 6) is 0.550. The van der Waals surface area contributed by atoms with Gasteiger partial charge >= 0.3 is 0 Å². The average molecular weight is 377 g/mol. The molecular formula is C16H11BrClN3O. The lowest BCUT2D eigenvalue weighted by Crippen LogP contribution is -2.21. The molecule has 1 aromatic heterocycles. The smallest absolute Gasteiger partial charge is 0.267 e. The maximum absolute atomic E-state index is 12.6. The van der Waals surface area contributed by atoms with Crippen LogP contribution in [0, 0.1) is 0 Å². The Morgan fingerprint density at radius 3 is 2.64 bits per heavy atom. The standard InChI is InChI=1S/C16H11BrClN3O/c17-9-15-20-14-4-2-1-3-13(14)16(22)21(15)19-10-11-5-7-12(18)8-6-11/h1-8,10H,9H2/b19-10+. The van der Waals surface area contributed by atoms with Gasteiger partial charge in [0.25, 0.3) is 5.56 Å². The Bertz CT molecular complexity index is 903. The Kier molecular flexibility index (Phi) is 4.36. The van der Waals surface area contributed by atoms with Crippen molar-refractivity contribution in [2.24, 2.45) is 5.10 Å². The summed E-state index contributed by atoms with van der Waals surface area (Å²) < 4.78 is 1.31. The zero-order chi connectivity index (χ0) is 15.5.